The highest BCUT2D eigenvalue weighted by atomic mass is 32.2. The second kappa shape index (κ2) is 8.93. The van der Waals surface area contributed by atoms with E-state index in [4.69, 9.17) is 4.74 Å². The van der Waals surface area contributed by atoms with Gasteiger partial charge in [0.25, 0.3) is 0 Å². The second-order valence-corrected chi connectivity index (χ2v) is 8.39. The van der Waals surface area contributed by atoms with Crippen molar-refractivity contribution in [3.05, 3.63) is 65.4 Å². The van der Waals surface area contributed by atoms with Crippen molar-refractivity contribution < 1.29 is 9.53 Å². The number of thioether (sulfide) groups is 1. The number of nitrogens with zero attached hydrogens (tertiary/aromatic N) is 5. The van der Waals surface area contributed by atoms with Crippen LogP contribution in [0.1, 0.15) is 27.3 Å². The molecule has 0 saturated heterocycles. The van der Waals surface area contributed by atoms with Crippen molar-refractivity contribution in [1.29, 1.82) is 0 Å². The summed E-state index contributed by atoms with van der Waals surface area (Å²) in [6.07, 6.45) is 4.15. The normalized spacial score (nSPS) is 11.2. The number of hydrogen-bond acceptors (Lipinski definition) is 6. The third-order valence-corrected chi connectivity index (χ3v) is 6.50. The first-order valence-electron chi connectivity index (χ1n) is 10.1. The van der Waals surface area contributed by atoms with E-state index in [9.17, 15) is 4.79 Å². The van der Waals surface area contributed by atoms with Crippen molar-refractivity contribution in [1.82, 2.24) is 24.3 Å². The topological polar surface area (TPSA) is 74.8 Å². The maximum absolute atomic E-state index is 13.0. The number of benzene rings is 1. The van der Waals surface area contributed by atoms with Crippen LogP contribution in [0.2, 0.25) is 0 Å². The van der Waals surface area contributed by atoms with Gasteiger partial charge in [-0.25, -0.2) is 9.97 Å². The summed E-state index contributed by atoms with van der Waals surface area (Å²) in [6.45, 7) is 4.89. The minimum Gasteiger partial charge on any atom is -0.497 e. The molecule has 1 aromatic carbocycles. The van der Waals surface area contributed by atoms with Gasteiger partial charge in [-0.2, -0.15) is 5.10 Å². The van der Waals surface area contributed by atoms with E-state index in [2.05, 4.69) is 38.7 Å². The zero-order valence-corrected chi connectivity index (χ0v) is 18.9. The largest absolute Gasteiger partial charge is 0.497 e. The Morgan fingerprint density at radius 1 is 1.16 bits per heavy atom. The fourth-order valence-corrected chi connectivity index (χ4v) is 4.57. The summed E-state index contributed by atoms with van der Waals surface area (Å²) in [7, 11) is 3.51. The van der Waals surface area contributed by atoms with E-state index in [1.807, 2.05) is 32.2 Å². The van der Waals surface area contributed by atoms with Gasteiger partial charge in [0.1, 0.15) is 17.1 Å². The number of aryl methyl sites for hydroxylation is 3. The van der Waals surface area contributed by atoms with Gasteiger partial charge in [-0.3, -0.25) is 9.48 Å². The number of methoxy groups -OCH3 is 1. The van der Waals surface area contributed by atoms with Crippen LogP contribution in [-0.2, 0) is 20.0 Å². The van der Waals surface area contributed by atoms with Crippen LogP contribution >= 0.6 is 11.8 Å². The van der Waals surface area contributed by atoms with Gasteiger partial charge in [0, 0.05) is 30.5 Å². The number of ketones is 1. The molecule has 3 aromatic heterocycles. The molecule has 0 amide bonds. The van der Waals surface area contributed by atoms with Crippen LogP contribution in [0.5, 0.6) is 5.75 Å². The van der Waals surface area contributed by atoms with Gasteiger partial charge in [-0.15, -0.1) is 0 Å². The first-order valence-corrected chi connectivity index (χ1v) is 11.0. The Labute approximate surface area is 185 Å². The molecule has 0 aliphatic heterocycles. The highest BCUT2D eigenvalue weighted by molar-refractivity contribution is 8.00. The number of fused-ring (bicyclic) bond motifs is 1. The van der Waals surface area contributed by atoms with Gasteiger partial charge in [-0.05, 0) is 44.0 Å². The number of Topliss-reactive ketones (excluding diaryl/α,β-unsaturated/α-hetero) is 1. The fourth-order valence-electron chi connectivity index (χ4n) is 3.73. The molecule has 0 N–H and O–H groups in total. The van der Waals surface area contributed by atoms with Crippen molar-refractivity contribution in [2.45, 2.75) is 31.8 Å². The van der Waals surface area contributed by atoms with Crippen molar-refractivity contribution >= 4 is 28.6 Å². The molecule has 31 heavy (non-hydrogen) atoms. The first-order chi connectivity index (χ1) is 15.0. The molecule has 0 spiro atoms. The molecule has 3 heterocycles. The molecule has 0 bridgehead atoms. The Balaban J connectivity index is 1.45. The molecule has 0 unspecified atom stereocenters. The quantitative estimate of drug-likeness (QED) is 0.237. The molecule has 0 aliphatic carbocycles. The number of carbonyl (C=O) groups excluding carboxylic acids is 1. The summed E-state index contributed by atoms with van der Waals surface area (Å²) < 4.78 is 9.14. The van der Waals surface area contributed by atoms with Crippen LogP contribution in [0.25, 0.3) is 11.0 Å². The van der Waals surface area contributed by atoms with Gasteiger partial charge in [0.2, 0.25) is 0 Å². The first kappa shape index (κ1) is 21.1. The second-order valence-electron chi connectivity index (χ2n) is 7.43. The van der Waals surface area contributed by atoms with E-state index in [-0.39, 0.29) is 5.78 Å². The highest BCUT2D eigenvalue weighted by Crippen LogP contribution is 2.26. The Bertz CT molecular complexity index is 1230. The molecule has 160 valence electrons. The van der Waals surface area contributed by atoms with E-state index in [0.717, 1.165) is 51.7 Å². The number of aromatic nitrogens is 5. The zero-order chi connectivity index (χ0) is 22.0. The van der Waals surface area contributed by atoms with Crippen molar-refractivity contribution in [3.8, 4) is 5.75 Å². The van der Waals surface area contributed by atoms with Crippen LogP contribution in [-0.4, -0.2) is 43.0 Å². The van der Waals surface area contributed by atoms with Crippen LogP contribution < -0.4 is 4.74 Å². The smallest absolute Gasteiger partial charge is 0.174 e. The summed E-state index contributed by atoms with van der Waals surface area (Å²) in [5.74, 6) is 1.28. The minimum absolute atomic E-state index is 0.101. The third-order valence-electron chi connectivity index (χ3n) is 5.49. The molecule has 4 rings (SSSR count). The average Bonchev–Trinajstić information content (AvgIpc) is 3.30. The monoisotopic (exact) mass is 435 g/mol. The summed E-state index contributed by atoms with van der Waals surface area (Å²) in [4.78, 5) is 21.6. The maximum atomic E-state index is 13.0. The molecular formula is C23H25N5O2S. The average molecular weight is 436 g/mol. The molecule has 0 fully saturated rings. The van der Waals surface area contributed by atoms with Crippen molar-refractivity contribution in [2.75, 3.05) is 12.9 Å². The van der Waals surface area contributed by atoms with Gasteiger partial charge in [-0.1, -0.05) is 23.9 Å². The molecule has 0 atom stereocenters. The molecule has 8 heteroatoms. The Kier molecular flexibility index (Phi) is 6.08. The number of rotatable bonds is 8. The predicted molar refractivity (Wildman–Crippen MR) is 122 cm³/mol. The maximum Gasteiger partial charge on any atom is 0.174 e. The lowest BCUT2D eigenvalue weighted by molar-refractivity contribution is 0.102. The number of ether oxygens (including phenoxy) is 1. The lowest BCUT2D eigenvalue weighted by Crippen LogP contribution is -2.08. The van der Waals surface area contributed by atoms with E-state index in [1.165, 1.54) is 23.7 Å². The Morgan fingerprint density at radius 3 is 2.68 bits per heavy atom. The van der Waals surface area contributed by atoms with E-state index < -0.39 is 0 Å². The lowest BCUT2D eigenvalue weighted by atomic mass is 10.1. The molecule has 0 aliphatic rings. The minimum atomic E-state index is 0.101. The van der Waals surface area contributed by atoms with Crippen LogP contribution in [0.15, 0.2) is 47.9 Å². The van der Waals surface area contributed by atoms with E-state index in [1.54, 1.807) is 18.0 Å². The van der Waals surface area contributed by atoms with Crippen LogP contribution in [0.3, 0.4) is 0 Å². The zero-order valence-electron chi connectivity index (χ0n) is 18.1. The summed E-state index contributed by atoms with van der Waals surface area (Å²) >= 11 is 1.43. The summed E-state index contributed by atoms with van der Waals surface area (Å²) in [5.41, 5.74) is 4.88. The van der Waals surface area contributed by atoms with Crippen LogP contribution in [0, 0.1) is 13.8 Å². The fraction of sp³-hybridized carbons (Fsp3) is 0.304. The summed E-state index contributed by atoms with van der Waals surface area (Å²) in [6, 6.07) is 10.1. The van der Waals surface area contributed by atoms with Gasteiger partial charge in [0.05, 0.1) is 24.4 Å². The third kappa shape index (κ3) is 4.34. The van der Waals surface area contributed by atoms with Crippen molar-refractivity contribution in [3.63, 3.8) is 0 Å². The lowest BCUT2D eigenvalue weighted by Gasteiger charge is -2.10. The Morgan fingerprint density at radius 2 is 1.94 bits per heavy atom. The molecule has 0 saturated carbocycles. The molecule has 4 aromatic rings. The Hall–Kier alpha value is -3.13. The van der Waals surface area contributed by atoms with Gasteiger partial charge >= 0.3 is 0 Å². The summed E-state index contributed by atoms with van der Waals surface area (Å²) in [5, 5.41) is 5.88. The van der Waals surface area contributed by atoms with Crippen molar-refractivity contribution in [2.24, 2.45) is 7.05 Å². The van der Waals surface area contributed by atoms with Gasteiger partial charge in [0.15, 0.2) is 11.4 Å². The molecule has 7 nitrogen and oxygen atoms in total. The number of hydrogen-bond donors (Lipinski definition) is 0. The number of carbonyl (C=O) groups is 1. The SMILES string of the molecule is COc1ccc(CCn2c(C)cc(C(=O)CSc3ncnc4c3cnn4C)c2C)cc1. The van der Waals surface area contributed by atoms with Crippen LogP contribution in [0.4, 0.5) is 0 Å². The van der Waals surface area contributed by atoms with E-state index >= 15 is 0 Å². The van der Waals surface area contributed by atoms with Gasteiger partial charge < -0.3 is 9.30 Å². The predicted octanol–water partition coefficient (Wildman–Crippen LogP) is 4.01. The molecule has 0 radical (unpaired) electrons. The van der Waals surface area contributed by atoms with E-state index in [0.29, 0.717) is 5.75 Å². The standard InChI is InChI=1S/C23H25N5O2S/c1-15-11-19(16(2)28(15)10-9-17-5-7-18(30-4)8-6-17)21(29)13-31-23-20-12-26-27(3)22(20)24-14-25-23/h5-8,11-12,14H,9-10,13H2,1-4H3. The molecular weight excluding hydrogens is 410 g/mol. The highest BCUT2D eigenvalue weighted by Gasteiger charge is 2.17.